The van der Waals surface area contributed by atoms with Crippen LogP contribution < -0.4 is 0 Å². The van der Waals surface area contributed by atoms with Gasteiger partial charge in [-0.25, -0.2) is 0 Å². The van der Waals surface area contributed by atoms with E-state index in [0.29, 0.717) is 10.8 Å². The van der Waals surface area contributed by atoms with Crippen molar-refractivity contribution < 1.29 is 0 Å². The second kappa shape index (κ2) is 5.44. The van der Waals surface area contributed by atoms with Gasteiger partial charge in [-0.3, -0.25) is 0 Å². The van der Waals surface area contributed by atoms with Gasteiger partial charge in [0.2, 0.25) is 0 Å². The molecule has 106 valence electrons. The highest BCUT2D eigenvalue weighted by Gasteiger charge is 2.23. The van der Waals surface area contributed by atoms with E-state index in [0.717, 1.165) is 5.39 Å². The molecule has 0 spiro atoms. The Morgan fingerprint density at radius 3 is 1.67 bits per heavy atom. The van der Waals surface area contributed by atoms with E-state index in [-0.39, 0.29) is 33.2 Å². The Kier molecular flexibility index (Phi) is 3.30. The molecule has 0 aromatic heterocycles. The second-order valence-corrected chi connectivity index (χ2v) is 4.95. The zero-order chi connectivity index (χ0) is 17.3. The fourth-order valence-corrected chi connectivity index (χ4v) is 2.88. The summed E-state index contributed by atoms with van der Waals surface area (Å²) in [4.78, 5) is 0. The molecule has 0 aliphatic carbocycles. The molecule has 0 N–H and O–H groups in total. The third kappa shape index (κ3) is 1.76. The second-order valence-electron chi connectivity index (χ2n) is 4.95. The van der Waals surface area contributed by atoms with E-state index in [1.807, 2.05) is 24.3 Å². The van der Waals surface area contributed by atoms with E-state index < -0.39 is 0 Å². The number of benzene rings is 3. The summed E-state index contributed by atoms with van der Waals surface area (Å²) in [6, 6.07) is 18.4. The third-order valence-electron chi connectivity index (χ3n) is 3.88. The van der Waals surface area contributed by atoms with Gasteiger partial charge < -0.3 is 0 Å². The van der Waals surface area contributed by atoms with Crippen LogP contribution in [0.25, 0.3) is 21.5 Å². The van der Waals surface area contributed by atoms with E-state index in [4.69, 9.17) is 0 Å². The van der Waals surface area contributed by atoms with Gasteiger partial charge in [0.25, 0.3) is 0 Å². The van der Waals surface area contributed by atoms with Crippen LogP contribution in [0.5, 0.6) is 0 Å². The van der Waals surface area contributed by atoms with Gasteiger partial charge in [-0.05, 0) is 11.5 Å². The van der Waals surface area contributed by atoms with E-state index >= 15 is 0 Å². The molecule has 0 heterocycles. The van der Waals surface area contributed by atoms with Gasteiger partial charge >= 0.3 is 0 Å². The Morgan fingerprint density at radius 2 is 1.08 bits per heavy atom. The van der Waals surface area contributed by atoms with E-state index in [2.05, 4.69) is 6.07 Å². The van der Waals surface area contributed by atoms with Crippen molar-refractivity contribution in [3.05, 3.63) is 58.1 Å². The highest BCUT2D eigenvalue weighted by molar-refractivity contribution is 6.10. The third-order valence-corrected chi connectivity index (χ3v) is 3.88. The fourth-order valence-electron chi connectivity index (χ4n) is 2.88. The summed E-state index contributed by atoms with van der Waals surface area (Å²) in [5.74, 6) is 0. The van der Waals surface area contributed by atoms with Crippen molar-refractivity contribution in [1.29, 1.82) is 26.3 Å². The average Bonchev–Trinajstić information content (AvgIpc) is 2.63. The lowest BCUT2D eigenvalue weighted by atomic mass is 9.86. The van der Waals surface area contributed by atoms with Crippen molar-refractivity contribution >= 4 is 21.5 Å². The van der Waals surface area contributed by atoms with Gasteiger partial charge in [0, 0.05) is 16.2 Å². The van der Waals surface area contributed by atoms with Crippen LogP contribution in [0.2, 0.25) is 0 Å². The topological polar surface area (TPSA) is 119 Å². The molecule has 0 amide bonds. The summed E-state index contributed by atoms with van der Waals surface area (Å²) < 4.78 is 0. The minimum Gasteiger partial charge on any atom is -0.192 e. The maximum absolute atomic E-state index is 9.62. The van der Waals surface area contributed by atoms with Crippen molar-refractivity contribution in [3.8, 4) is 30.3 Å². The number of hydrogen-bond donors (Lipinski definition) is 0. The largest absolute Gasteiger partial charge is 0.192 e. The lowest BCUT2D eigenvalue weighted by Gasteiger charge is -2.11. The number of nitrogens with zero attached hydrogens (tertiary/aromatic N) is 5. The summed E-state index contributed by atoms with van der Waals surface area (Å²) in [5.41, 5.74) is -0.133. The van der Waals surface area contributed by atoms with Crippen LogP contribution >= 0.6 is 0 Å². The first-order valence-corrected chi connectivity index (χ1v) is 6.77. The van der Waals surface area contributed by atoms with Crippen LogP contribution in [0.4, 0.5) is 0 Å². The molecule has 3 aromatic rings. The zero-order valence-corrected chi connectivity index (χ0v) is 12.1. The average molecular weight is 303 g/mol. The van der Waals surface area contributed by atoms with Crippen LogP contribution in [-0.4, -0.2) is 0 Å². The molecule has 5 nitrogen and oxygen atoms in total. The maximum Gasteiger partial charge on any atom is 0.102 e. The van der Waals surface area contributed by atoms with Gasteiger partial charge in [-0.1, -0.05) is 24.3 Å². The first-order valence-electron chi connectivity index (χ1n) is 6.77. The molecule has 3 aromatic carbocycles. The SMILES string of the molecule is N#Cc1c(C#N)c(C#N)c2c(C#N)c3ccccc3cc2c1C#N. The van der Waals surface area contributed by atoms with Crippen LogP contribution in [0.3, 0.4) is 0 Å². The van der Waals surface area contributed by atoms with Crippen LogP contribution in [0.1, 0.15) is 27.8 Å². The highest BCUT2D eigenvalue weighted by atomic mass is 14.4. The lowest BCUT2D eigenvalue weighted by Crippen LogP contribution is -2.00. The van der Waals surface area contributed by atoms with Gasteiger partial charge in [0.15, 0.2) is 0 Å². The van der Waals surface area contributed by atoms with Crippen molar-refractivity contribution in [2.45, 2.75) is 0 Å². The van der Waals surface area contributed by atoms with Crippen LogP contribution in [-0.2, 0) is 0 Å². The first kappa shape index (κ1) is 14.6. The molecule has 0 unspecified atom stereocenters. The Labute approximate surface area is 137 Å². The molecule has 0 saturated heterocycles. The predicted molar refractivity (Wildman–Crippen MR) is 85.0 cm³/mol. The lowest BCUT2D eigenvalue weighted by molar-refractivity contribution is 1.39. The Hall–Kier alpha value is -4.37. The Morgan fingerprint density at radius 1 is 0.542 bits per heavy atom. The molecule has 0 aliphatic rings. The van der Waals surface area contributed by atoms with E-state index in [9.17, 15) is 26.3 Å². The molecule has 0 radical (unpaired) electrons. The standard InChI is InChI=1S/C19H5N5/c20-6-14-13-5-11-3-1-2-4-12(11)17(9-23)19(13)18(10-24)16(8-22)15(14)7-21/h1-5H. The minimum atomic E-state index is -0.171. The van der Waals surface area contributed by atoms with Crippen molar-refractivity contribution in [2.75, 3.05) is 0 Å². The molecular weight excluding hydrogens is 298 g/mol. The molecule has 0 bridgehead atoms. The normalized spacial score (nSPS) is 9.46. The number of fused-ring (bicyclic) bond motifs is 2. The summed E-state index contributed by atoms with van der Waals surface area (Å²) in [6.07, 6.45) is 0. The highest BCUT2D eigenvalue weighted by Crippen LogP contribution is 2.36. The molecule has 24 heavy (non-hydrogen) atoms. The summed E-state index contributed by atoms with van der Waals surface area (Å²) in [5, 5.41) is 49.3. The maximum atomic E-state index is 9.62. The molecular formula is C19H5N5. The van der Waals surface area contributed by atoms with Gasteiger partial charge in [-0.2, -0.15) is 26.3 Å². The summed E-state index contributed by atoms with van der Waals surface area (Å²) in [6.45, 7) is 0. The fraction of sp³-hybridized carbons (Fsp3) is 0. The predicted octanol–water partition coefficient (Wildman–Crippen LogP) is 3.35. The molecule has 0 saturated carbocycles. The molecule has 0 fully saturated rings. The molecule has 5 heteroatoms. The summed E-state index contributed by atoms with van der Waals surface area (Å²) >= 11 is 0. The number of rotatable bonds is 0. The van der Waals surface area contributed by atoms with Crippen molar-refractivity contribution in [1.82, 2.24) is 0 Å². The van der Waals surface area contributed by atoms with Gasteiger partial charge in [0.05, 0.1) is 27.8 Å². The summed E-state index contributed by atoms with van der Waals surface area (Å²) in [7, 11) is 0. The Bertz CT molecular complexity index is 1250. The quantitative estimate of drug-likeness (QED) is 0.590. The smallest absolute Gasteiger partial charge is 0.102 e. The van der Waals surface area contributed by atoms with E-state index in [1.54, 1.807) is 30.3 Å². The number of hydrogen-bond acceptors (Lipinski definition) is 5. The zero-order valence-electron chi connectivity index (χ0n) is 12.1. The molecule has 0 aliphatic heterocycles. The number of nitriles is 5. The van der Waals surface area contributed by atoms with Crippen molar-refractivity contribution in [2.24, 2.45) is 0 Å². The van der Waals surface area contributed by atoms with Gasteiger partial charge in [-0.15, -0.1) is 0 Å². The molecule has 0 atom stereocenters. The van der Waals surface area contributed by atoms with Crippen LogP contribution in [0, 0.1) is 56.7 Å². The minimum absolute atomic E-state index is 0.00491. The van der Waals surface area contributed by atoms with Crippen LogP contribution in [0.15, 0.2) is 30.3 Å². The first-order chi connectivity index (χ1) is 11.7. The molecule has 3 rings (SSSR count). The monoisotopic (exact) mass is 303 g/mol. The van der Waals surface area contributed by atoms with E-state index in [1.165, 1.54) is 0 Å². The Balaban J connectivity index is 2.82. The van der Waals surface area contributed by atoms with Gasteiger partial charge in [0.1, 0.15) is 30.3 Å². The van der Waals surface area contributed by atoms with Crippen molar-refractivity contribution in [3.63, 3.8) is 0 Å².